The summed E-state index contributed by atoms with van der Waals surface area (Å²) >= 11 is 0. The van der Waals surface area contributed by atoms with Crippen LogP contribution in [-0.2, 0) is 38.0 Å². The molecule has 8 aliphatic heterocycles. The summed E-state index contributed by atoms with van der Waals surface area (Å²) < 4.78 is 36.3. The van der Waals surface area contributed by atoms with Gasteiger partial charge < -0.3 is 32.8 Å². The van der Waals surface area contributed by atoms with Crippen LogP contribution in [0.25, 0.3) is 0 Å². The van der Waals surface area contributed by atoms with Crippen molar-refractivity contribution in [2.75, 3.05) is 0 Å². The topological polar surface area (TPSA) is 120 Å². The van der Waals surface area contributed by atoms with E-state index in [1.165, 1.54) is 25.2 Å². The second kappa shape index (κ2) is 22.8. The summed E-state index contributed by atoms with van der Waals surface area (Å²) in [5.41, 5.74) is 3.17. The molecule has 3 saturated heterocycles. The fraction of sp³-hybridized carbons (Fsp3) is 0.648. The molecule has 11 rings (SSSR count). The molecule has 1 aromatic heterocycles. The Hall–Kier alpha value is -4.15. The molecule has 18 unspecified atom stereocenters. The highest BCUT2D eigenvalue weighted by atomic mass is 16.6. The Morgan fingerprint density at radius 1 is 0.625 bits per heavy atom. The van der Waals surface area contributed by atoms with E-state index in [1.54, 1.807) is 32.4 Å². The van der Waals surface area contributed by atoms with E-state index in [4.69, 9.17) is 28.4 Å². The molecule has 10 nitrogen and oxygen atoms in total. The highest BCUT2D eigenvalue weighted by molar-refractivity contribution is 5.88. The molecule has 0 radical (unpaired) electrons. The van der Waals surface area contributed by atoms with Crippen molar-refractivity contribution in [2.24, 2.45) is 59.2 Å². The number of hydrogen-bond donors (Lipinski definition) is 0. The van der Waals surface area contributed by atoms with Crippen molar-refractivity contribution < 1.29 is 42.4 Å². The average molecular weight is 887 g/mol. The van der Waals surface area contributed by atoms with Crippen LogP contribution in [0, 0.1) is 73.0 Å². The van der Waals surface area contributed by atoms with Gasteiger partial charge in [-0.2, -0.15) is 0 Å². The van der Waals surface area contributed by atoms with Crippen LogP contribution in [0.4, 0.5) is 0 Å². The average Bonchev–Trinajstić information content (AvgIpc) is 4.15. The van der Waals surface area contributed by atoms with E-state index in [1.807, 2.05) is 33.8 Å². The number of cyclic esters (lactones) is 2. The Morgan fingerprint density at radius 3 is 1.56 bits per heavy atom. The van der Waals surface area contributed by atoms with Crippen molar-refractivity contribution in [1.82, 2.24) is 0 Å². The van der Waals surface area contributed by atoms with Crippen LogP contribution in [0.15, 0.2) is 93.8 Å². The maximum Gasteiger partial charge on any atom is 0.338 e. The maximum absolute atomic E-state index is 10.7. The van der Waals surface area contributed by atoms with Gasteiger partial charge in [-0.25, -0.2) is 14.4 Å². The predicted molar refractivity (Wildman–Crippen MR) is 251 cm³/mol. The zero-order valence-electron chi connectivity index (χ0n) is 41.0. The van der Waals surface area contributed by atoms with Gasteiger partial charge in [0.2, 0.25) is 0 Å². The molecule has 10 aliphatic rings. The van der Waals surface area contributed by atoms with Crippen LogP contribution in [0.2, 0.25) is 0 Å². The molecular weight excluding hydrogens is 809 g/mol. The third-order valence-electron chi connectivity index (χ3n) is 15.4. The molecule has 10 heteroatoms. The number of allylic oxidation sites excluding steroid dienone is 3. The van der Waals surface area contributed by atoms with Gasteiger partial charge in [0, 0.05) is 29.6 Å². The monoisotopic (exact) mass is 887 g/mol. The summed E-state index contributed by atoms with van der Waals surface area (Å²) in [7, 11) is 0. The Morgan fingerprint density at radius 2 is 1.22 bits per heavy atom. The van der Waals surface area contributed by atoms with Crippen molar-refractivity contribution in [2.45, 2.75) is 165 Å². The predicted octanol–water partition coefficient (Wildman–Crippen LogP) is 11.0. The molecule has 0 N–H and O–H groups in total. The van der Waals surface area contributed by atoms with Gasteiger partial charge in [-0.15, -0.1) is 0 Å². The third kappa shape index (κ3) is 12.6. The molecule has 1 saturated carbocycles. The number of esters is 2. The molecule has 0 amide bonds. The van der Waals surface area contributed by atoms with Crippen molar-refractivity contribution in [3.63, 3.8) is 0 Å². The smallest absolute Gasteiger partial charge is 0.338 e. The number of hydrogen-bond acceptors (Lipinski definition) is 10. The summed E-state index contributed by atoms with van der Waals surface area (Å²) in [6, 6.07) is 1.77. The first-order valence-corrected chi connectivity index (χ1v) is 23.9. The standard InChI is InChI=1S/C13H18O.C8H12O.C7H8O2.C7H10O2.C7H12O.C6H8O2.C6H10O/c1-6-7(2)13-11-9-4-3-8(5-9)10(11)12(6)14-13;1-5-6(2)8-4-3-7(5)9-8;1-5-3-4-9-7(8)6(5)2;1-5-3-4-6(2)9-7(5)8;1-6-4-3-5-8-7(6)2;1-4-3-6(7)8-5(4)2;1-5-3-4-7-6(5)2/h3-4,6-13H,5H2,1-2H3;3-8H,1-2H3;3-4H,1-2H3;3,6H,4H2,1-2H3;3,5-7H,4H2,1-2H3;3,5H,1-2H3;3-6H,1-2H3. The second-order valence-electron chi connectivity index (χ2n) is 19.8. The Kier molecular flexibility index (Phi) is 18.1. The number of rotatable bonds is 0. The molecule has 6 bridgehead atoms. The number of fused-ring (bicyclic) bond motifs is 11. The highest BCUT2D eigenvalue weighted by Gasteiger charge is 2.63. The molecule has 2 aliphatic carbocycles. The minimum atomic E-state index is -0.241. The SMILES string of the molecule is CC1=CC(=O)OC1C.CC1=CCC(C)OC1=O.CC1C(C)C2OC1C1C3C=CC(C3)C21.CC1C2C=CC(O2)C1C.CC1C=COC1C.CC1CC=COC1C.Cc1ccoc(=O)c1C. The molecular formula is C54H78O10. The number of carbonyl (C=O) groups excluding carboxylic acids is 2. The molecule has 4 fully saturated rings. The summed E-state index contributed by atoms with van der Waals surface area (Å²) in [4.78, 5) is 31.8. The van der Waals surface area contributed by atoms with Gasteiger partial charge in [-0.05, 0) is 151 Å². The lowest BCUT2D eigenvalue weighted by molar-refractivity contribution is -0.144. The Labute approximate surface area is 383 Å². The van der Waals surface area contributed by atoms with Gasteiger partial charge in [0.1, 0.15) is 18.3 Å². The van der Waals surface area contributed by atoms with Crippen molar-refractivity contribution in [1.29, 1.82) is 0 Å². The zero-order valence-corrected chi connectivity index (χ0v) is 41.0. The van der Waals surface area contributed by atoms with Crippen LogP contribution in [0.3, 0.4) is 0 Å². The quantitative estimate of drug-likeness (QED) is 0.184. The van der Waals surface area contributed by atoms with E-state index in [9.17, 15) is 14.4 Å². The van der Waals surface area contributed by atoms with E-state index >= 15 is 0 Å². The van der Waals surface area contributed by atoms with Crippen molar-refractivity contribution in [3.8, 4) is 0 Å². The number of aryl methyl sites for hydroxylation is 1. The first kappa shape index (κ1) is 50.8. The fourth-order valence-corrected chi connectivity index (χ4v) is 9.70. The van der Waals surface area contributed by atoms with Crippen LogP contribution in [0.1, 0.15) is 113 Å². The Bertz CT molecular complexity index is 1910. The largest absolute Gasteiger partial charge is 0.498 e. The minimum Gasteiger partial charge on any atom is -0.498 e. The van der Waals surface area contributed by atoms with Crippen LogP contribution >= 0.6 is 0 Å². The summed E-state index contributed by atoms with van der Waals surface area (Å²) in [6.45, 7) is 28.9. The first-order chi connectivity index (χ1) is 30.3. The summed E-state index contributed by atoms with van der Waals surface area (Å²) in [5.74, 6) is 7.51. The summed E-state index contributed by atoms with van der Waals surface area (Å²) in [6.07, 6.45) is 28.3. The third-order valence-corrected chi connectivity index (χ3v) is 15.4. The van der Waals surface area contributed by atoms with E-state index in [-0.39, 0.29) is 29.8 Å². The fourth-order valence-electron chi connectivity index (χ4n) is 9.70. The van der Waals surface area contributed by atoms with Gasteiger partial charge in [0.25, 0.3) is 0 Å². The highest BCUT2D eigenvalue weighted by Crippen LogP contribution is 2.62. The summed E-state index contributed by atoms with van der Waals surface area (Å²) in [5, 5.41) is 0. The zero-order chi connectivity index (χ0) is 47.0. The van der Waals surface area contributed by atoms with Crippen molar-refractivity contribution >= 4 is 11.9 Å². The Balaban J connectivity index is 0.000000143. The molecule has 354 valence electrons. The molecule has 1 aromatic rings. The second-order valence-corrected chi connectivity index (χ2v) is 19.8. The van der Waals surface area contributed by atoms with Gasteiger partial charge >= 0.3 is 17.6 Å². The molecule has 0 spiro atoms. The van der Waals surface area contributed by atoms with Gasteiger partial charge in [0.05, 0.1) is 49.3 Å². The lowest BCUT2D eigenvalue weighted by Crippen LogP contribution is -2.39. The van der Waals surface area contributed by atoms with Crippen LogP contribution in [-0.4, -0.2) is 60.8 Å². The van der Waals surface area contributed by atoms with E-state index in [2.05, 4.69) is 96.3 Å². The number of ether oxygens (including phenoxy) is 6. The minimum absolute atomic E-state index is 0.00231. The lowest BCUT2D eigenvalue weighted by atomic mass is 9.66. The van der Waals surface area contributed by atoms with E-state index in [0.717, 1.165) is 70.5 Å². The van der Waals surface area contributed by atoms with E-state index < -0.39 is 0 Å². The van der Waals surface area contributed by atoms with Crippen LogP contribution < -0.4 is 5.63 Å². The van der Waals surface area contributed by atoms with Gasteiger partial charge in [-0.3, -0.25) is 0 Å². The first-order valence-electron chi connectivity index (χ1n) is 23.9. The molecule has 64 heavy (non-hydrogen) atoms. The molecule has 18 atom stereocenters. The van der Waals surface area contributed by atoms with Crippen molar-refractivity contribution in [3.05, 3.63) is 106 Å². The van der Waals surface area contributed by atoms with Gasteiger partial charge in [0.15, 0.2) is 0 Å². The van der Waals surface area contributed by atoms with E-state index in [0.29, 0.717) is 54.0 Å². The maximum atomic E-state index is 10.7. The normalized spacial score (nSPS) is 40.0. The lowest BCUT2D eigenvalue weighted by Gasteiger charge is -2.35. The molecule has 0 aromatic carbocycles. The van der Waals surface area contributed by atoms with Crippen LogP contribution in [0.5, 0.6) is 0 Å². The van der Waals surface area contributed by atoms with Gasteiger partial charge in [-0.1, -0.05) is 71.9 Å². The number of carbonyl (C=O) groups is 2. The molecule has 9 heterocycles.